The second kappa shape index (κ2) is 6.88. The fourth-order valence-electron chi connectivity index (χ4n) is 2.61. The van der Waals surface area contributed by atoms with Crippen LogP contribution in [0.25, 0.3) is 11.3 Å². The fraction of sp³-hybridized carbons (Fsp3) is 0.211. The number of rotatable bonds is 4. The maximum atomic E-state index is 6.22. The Morgan fingerprint density at radius 1 is 1.04 bits per heavy atom. The van der Waals surface area contributed by atoms with Crippen molar-refractivity contribution in [3.8, 4) is 11.3 Å². The first-order chi connectivity index (χ1) is 11.5. The lowest BCUT2D eigenvalue weighted by Gasteiger charge is -2.11. The summed E-state index contributed by atoms with van der Waals surface area (Å²) in [5.74, 6) is 0.777. The average molecular weight is 360 g/mol. The van der Waals surface area contributed by atoms with E-state index < -0.39 is 0 Å². The van der Waals surface area contributed by atoms with Crippen LogP contribution in [-0.4, -0.2) is 9.55 Å². The van der Waals surface area contributed by atoms with Gasteiger partial charge in [-0.05, 0) is 43.2 Å². The Kier molecular flexibility index (Phi) is 4.83. The molecule has 0 atom stereocenters. The van der Waals surface area contributed by atoms with Crippen LogP contribution < -0.4 is 5.32 Å². The van der Waals surface area contributed by atoms with Crippen LogP contribution in [-0.2, 0) is 13.6 Å². The third-order valence-electron chi connectivity index (χ3n) is 4.28. The molecule has 1 N–H and O–H groups in total. The molecule has 24 heavy (non-hydrogen) atoms. The maximum Gasteiger partial charge on any atom is 0.203 e. The van der Waals surface area contributed by atoms with Gasteiger partial charge in [0.05, 0.1) is 11.9 Å². The van der Waals surface area contributed by atoms with Crippen molar-refractivity contribution in [2.75, 3.05) is 5.32 Å². The largest absolute Gasteiger partial charge is 0.351 e. The lowest BCUT2D eigenvalue weighted by atomic mass is 10.0. The third-order valence-corrected chi connectivity index (χ3v) is 4.98. The molecule has 5 heteroatoms. The van der Waals surface area contributed by atoms with Crippen LogP contribution in [0.2, 0.25) is 10.0 Å². The van der Waals surface area contributed by atoms with Gasteiger partial charge in [0.15, 0.2) is 0 Å². The zero-order valence-electron chi connectivity index (χ0n) is 13.9. The molecule has 0 saturated carbocycles. The molecular weight excluding hydrogens is 341 g/mol. The summed E-state index contributed by atoms with van der Waals surface area (Å²) in [5, 5.41) is 4.61. The van der Waals surface area contributed by atoms with Gasteiger partial charge >= 0.3 is 0 Å². The van der Waals surface area contributed by atoms with Gasteiger partial charge in [0.25, 0.3) is 0 Å². The zero-order chi connectivity index (χ0) is 17.3. The Labute approximate surface area is 152 Å². The molecule has 0 saturated heterocycles. The Hall–Kier alpha value is -1.97. The van der Waals surface area contributed by atoms with Gasteiger partial charge in [-0.1, -0.05) is 41.4 Å². The van der Waals surface area contributed by atoms with Crippen molar-refractivity contribution in [2.24, 2.45) is 7.05 Å². The van der Waals surface area contributed by atoms with Crippen LogP contribution in [0.4, 0.5) is 5.95 Å². The standard InChI is InChI=1S/C19H19Cl2N3/c1-12-7-8-14(9-13(12)2)18-11-23-19(24(18)3)22-10-15-16(20)5-4-6-17(15)21/h4-9,11H,10H2,1-3H3,(H,22,23). The number of hydrogen-bond acceptors (Lipinski definition) is 2. The second-order valence-electron chi connectivity index (χ2n) is 5.88. The van der Waals surface area contributed by atoms with Crippen molar-refractivity contribution in [1.29, 1.82) is 0 Å². The zero-order valence-corrected chi connectivity index (χ0v) is 15.4. The predicted molar refractivity (Wildman–Crippen MR) is 102 cm³/mol. The summed E-state index contributed by atoms with van der Waals surface area (Å²) >= 11 is 12.4. The predicted octanol–water partition coefficient (Wildman–Crippen LogP) is 5.62. The van der Waals surface area contributed by atoms with Gasteiger partial charge in [-0.15, -0.1) is 0 Å². The van der Waals surface area contributed by atoms with Crippen LogP contribution in [0.5, 0.6) is 0 Å². The van der Waals surface area contributed by atoms with E-state index >= 15 is 0 Å². The smallest absolute Gasteiger partial charge is 0.203 e. The highest BCUT2D eigenvalue weighted by atomic mass is 35.5. The highest BCUT2D eigenvalue weighted by molar-refractivity contribution is 6.36. The minimum absolute atomic E-state index is 0.524. The molecule has 0 bridgehead atoms. The first-order valence-corrected chi connectivity index (χ1v) is 8.49. The van der Waals surface area contributed by atoms with Crippen LogP contribution in [0.15, 0.2) is 42.6 Å². The summed E-state index contributed by atoms with van der Waals surface area (Å²) < 4.78 is 2.04. The van der Waals surface area contributed by atoms with E-state index in [1.165, 1.54) is 11.1 Å². The molecule has 3 rings (SSSR count). The fourth-order valence-corrected chi connectivity index (χ4v) is 3.14. The van der Waals surface area contributed by atoms with Gasteiger partial charge in [0, 0.05) is 34.8 Å². The van der Waals surface area contributed by atoms with Gasteiger partial charge in [0.2, 0.25) is 5.95 Å². The molecule has 3 aromatic rings. The van der Waals surface area contributed by atoms with Crippen LogP contribution in [0, 0.1) is 13.8 Å². The number of benzene rings is 2. The summed E-state index contributed by atoms with van der Waals surface area (Å²) in [5.41, 5.74) is 5.64. The van der Waals surface area contributed by atoms with E-state index in [-0.39, 0.29) is 0 Å². The molecule has 2 aromatic carbocycles. The van der Waals surface area contributed by atoms with E-state index in [0.29, 0.717) is 16.6 Å². The highest BCUT2D eigenvalue weighted by Crippen LogP contribution is 2.27. The van der Waals surface area contributed by atoms with Crippen molar-refractivity contribution in [1.82, 2.24) is 9.55 Å². The van der Waals surface area contributed by atoms with E-state index in [9.17, 15) is 0 Å². The first-order valence-electron chi connectivity index (χ1n) is 7.73. The molecule has 3 nitrogen and oxygen atoms in total. The summed E-state index contributed by atoms with van der Waals surface area (Å²) in [7, 11) is 1.99. The lowest BCUT2D eigenvalue weighted by molar-refractivity contribution is 0.906. The SMILES string of the molecule is Cc1ccc(-c2cnc(NCc3c(Cl)cccc3Cl)n2C)cc1C. The summed E-state index contributed by atoms with van der Waals surface area (Å²) in [4.78, 5) is 4.48. The van der Waals surface area contributed by atoms with Gasteiger partial charge in [-0.3, -0.25) is 0 Å². The lowest BCUT2D eigenvalue weighted by Crippen LogP contribution is -2.06. The monoisotopic (exact) mass is 359 g/mol. The minimum atomic E-state index is 0.524. The van der Waals surface area contributed by atoms with Gasteiger partial charge in [-0.2, -0.15) is 0 Å². The number of aromatic nitrogens is 2. The summed E-state index contributed by atoms with van der Waals surface area (Å²) in [6.07, 6.45) is 1.88. The topological polar surface area (TPSA) is 29.9 Å². The van der Waals surface area contributed by atoms with Crippen molar-refractivity contribution in [3.05, 3.63) is 69.3 Å². The van der Waals surface area contributed by atoms with E-state index in [2.05, 4.69) is 42.3 Å². The number of nitrogens with zero attached hydrogens (tertiary/aromatic N) is 2. The van der Waals surface area contributed by atoms with E-state index in [4.69, 9.17) is 23.2 Å². The van der Waals surface area contributed by atoms with Crippen molar-refractivity contribution in [3.63, 3.8) is 0 Å². The average Bonchev–Trinajstić information content (AvgIpc) is 2.91. The molecule has 0 aliphatic carbocycles. The van der Waals surface area contributed by atoms with E-state index in [0.717, 1.165) is 22.8 Å². The number of anilines is 1. The second-order valence-corrected chi connectivity index (χ2v) is 6.69. The molecule has 0 spiro atoms. The van der Waals surface area contributed by atoms with Crippen LogP contribution in [0.3, 0.4) is 0 Å². The number of imidazole rings is 1. The number of halogens is 2. The van der Waals surface area contributed by atoms with E-state index in [1.54, 1.807) is 0 Å². The quantitative estimate of drug-likeness (QED) is 0.654. The molecule has 0 radical (unpaired) electrons. The third kappa shape index (κ3) is 3.28. The summed E-state index contributed by atoms with van der Waals surface area (Å²) in [6.45, 7) is 4.76. The summed E-state index contributed by atoms with van der Waals surface area (Å²) in [6, 6.07) is 11.9. The van der Waals surface area contributed by atoms with Crippen molar-refractivity contribution >= 4 is 29.2 Å². The molecule has 0 aliphatic heterocycles. The molecule has 124 valence electrons. The van der Waals surface area contributed by atoms with E-state index in [1.807, 2.05) is 36.0 Å². The number of aryl methyl sites for hydroxylation is 2. The number of nitrogens with one attached hydrogen (secondary N) is 1. The van der Waals surface area contributed by atoms with Gasteiger partial charge < -0.3 is 9.88 Å². The first kappa shape index (κ1) is 16.9. The minimum Gasteiger partial charge on any atom is -0.351 e. The Balaban J connectivity index is 1.84. The molecule has 0 unspecified atom stereocenters. The van der Waals surface area contributed by atoms with Crippen LogP contribution in [0.1, 0.15) is 16.7 Å². The number of hydrogen-bond donors (Lipinski definition) is 1. The van der Waals surface area contributed by atoms with Crippen molar-refractivity contribution < 1.29 is 0 Å². The normalized spacial score (nSPS) is 10.9. The highest BCUT2D eigenvalue weighted by Gasteiger charge is 2.11. The molecule has 1 aromatic heterocycles. The van der Waals surface area contributed by atoms with Crippen LogP contribution >= 0.6 is 23.2 Å². The molecule has 1 heterocycles. The molecular formula is C19H19Cl2N3. The molecule has 0 amide bonds. The Morgan fingerprint density at radius 3 is 2.42 bits per heavy atom. The maximum absolute atomic E-state index is 6.22. The Bertz CT molecular complexity index is 864. The molecule has 0 fully saturated rings. The Morgan fingerprint density at radius 2 is 1.75 bits per heavy atom. The van der Waals surface area contributed by atoms with Crippen molar-refractivity contribution in [2.45, 2.75) is 20.4 Å². The van der Waals surface area contributed by atoms with Gasteiger partial charge in [0.1, 0.15) is 0 Å². The molecule has 0 aliphatic rings. The van der Waals surface area contributed by atoms with Gasteiger partial charge in [-0.25, -0.2) is 4.98 Å².